The quantitative estimate of drug-likeness (QED) is 0.585. The summed E-state index contributed by atoms with van der Waals surface area (Å²) in [7, 11) is 4.12. The molecule has 0 aromatic rings. The monoisotopic (exact) mass is 248 g/mol. The summed E-state index contributed by atoms with van der Waals surface area (Å²) < 4.78 is 5.62. The lowest BCUT2D eigenvalue weighted by atomic mass is 10.2. The van der Waals surface area contributed by atoms with Crippen molar-refractivity contribution in [2.75, 3.05) is 12.4 Å². The highest BCUT2D eigenvalue weighted by atomic mass is 33.1. The molecule has 1 aliphatic heterocycles. The van der Waals surface area contributed by atoms with Crippen LogP contribution < -0.4 is 0 Å². The molecule has 1 atom stereocenters. The molecule has 3 heteroatoms. The molecule has 1 saturated heterocycles. The maximum atomic E-state index is 5.62. The van der Waals surface area contributed by atoms with Crippen molar-refractivity contribution in [3.8, 4) is 0 Å². The second-order valence-electron chi connectivity index (χ2n) is 4.22. The SMILES string of the molecule is CCCC(CCC)SSCC1CCCO1. The lowest BCUT2D eigenvalue weighted by Gasteiger charge is -2.15. The van der Waals surface area contributed by atoms with Gasteiger partial charge < -0.3 is 4.74 Å². The molecule has 1 fully saturated rings. The van der Waals surface area contributed by atoms with E-state index in [1.807, 2.05) is 10.8 Å². The number of hydrogen-bond acceptors (Lipinski definition) is 3. The van der Waals surface area contributed by atoms with Gasteiger partial charge in [-0.2, -0.15) is 0 Å². The normalized spacial score (nSPS) is 21.4. The van der Waals surface area contributed by atoms with Crippen LogP contribution in [0.3, 0.4) is 0 Å². The molecule has 1 heterocycles. The van der Waals surface area contributed by atoms with Crippen LogP contribution in [-0.4, -0.2) is 23.7 Å². The molecule has 0 N–H and O–H groups in total. The van der Waals surface area contributed by atoms with Gasteiger partial charge in [0.1, 0.15) is 0 Å². The van der Waals surface area contributed by atoms with Gasteiger partial charge >= 0.3 is 0 Å². The third-order valence-corrected chi connectivity index (χ3v) is 5.72. The molecule has 0 amide bonds. The van der Waals surface area contributed by atoms with Crippen LogP contribution in [0.5, 0.6) is 0 Å². The fraction of sp³-hybridized carbons (Fsp3) is 1.00. The fourth-order valence-electron chi connectivity index (χ4n) is 1.87. The second kappa shape index (κ2) is 8.77. The van der Waals surface area contributed by atoms with Gasteiger partial charge in [-0.05, 0) is 25.7 Å². The van der Waals surface area contributed by atoms with Crippen molar-refractivity contribution in [2.45, 2.75) is 63.7 Å². The minimum absolute atomic E-state index is 0.548. The first-order valence-electron chi connectivity index (χ1n) is 6.26. The van der Waals surface area contributed by atoms with E-state index in [2.05, 4.69) is 24.6 Å². The van der Waals surface area contributed by atoms with Gasteiger partial charge in [-0.25, -0.2) is 0 Å². The van der Waals surface area contributed by atoms with E-state index in [0.29, 0.717) is 6.10 Å². The molecule has 0 spiro atoms. The molecule has 0 aromatic carbocycles. The topological polar surface area (TPSA) is 9.23 Å². The Labute approximate surface area is 103 Å². The largest absolute Gasteiger partial charge is 0.377 e. The van der Waals surface area contributed by atoms with Gasteiger partial charge in [-0.3, -0.25) is 0 Å². The summed E-state index contributed by atoms with van der Waals surface area (Å²) in [6.45, 7) is 5.56. The van der Waals surface area contributed by atoms with Crippen molar-refractivity contribution in [1.82, 2.24) is 0 Å². The summed E-state index contributed by atoms with van der Waals surface area (Å²) in [5.74, 6) is 1.19. The van der Waals surface area contributed by atoms with E-state index in [4.69, 9.17) is 4.74 Å². The molecule has 1 unspecified atom stereocenters. The molecule has 90 valence electrons. The lowest BCUT2D eigenvalue weighted by molar-refractivity contribution is 0.129. The molecule has 0 radical (unpaired) electrons. The van der Waals surface area contributed by atoms with E-state index < -0.39 is 0 Å². The maximum Gasteiger partial charge on any atom is 0.0674 e. The lowest BCUT2D eigenvalue weighted by Crippen LogP contribution is -2.08. The van der Waals surface area contributed by atoms with Crippen molar-refractivity contribution >= 4 is 21.6 Å². The standard InChI is InChI=1S/C12H24OS2/c1-3-6-12(7-4-2)15-14-10-11-8-5-9-13-11/h11-12H,3-10H2,1-2H3. The van der Waals surface area contributed by atoms with Crippen molar-refractivity contribution in [2.24, 2.45) is 0 Å². The van der Waals surface area contributed by atoms with Crippen LogP contribution in [0.4, 0.5) is 0 Å². The van der Waals surface area contributed by atoms with Crippen LogP contribution in [0.15, 0.2) is 0 Å². The molecule has 0 bridgehead atoms. The predicted octanol–water partition coefficient (Wildman–Crippen LogP) is 4.52. The summed E-state index contributed by atoms with van der Waals surface area (Å²) in [4.78, 5) is 0. The van der Waals surface area contributed by atoms with Crippen LogP contribution in [0.1, 0.15) is 52.4 Å². The molecular formula is C12H24OS2. The number of ether oxygens (including phenoxy) is 1. The van der Waals surface area contributed by atoms with Gasteiger partial charge in [-0.1, -0.05) is 48.3 Å². The first kappa shape index (κ1) is 13.7. The van der Waals surface area contributed by atoms with Crippen molar-refractivity contribution in [1.29, 1.82) is 0 Å². The van der Waals surface area contributed by atoms with Gasteiger partial charge in [0.05, 0.1) is 6.10 Å². The Morgan fingerprint density at radius 2 is 2.00 bits per heavy atom. The minimum atomic E-state index is 0.548. The summed E-state index contributed by atoms with van der Waals surface area (Å²) in [6.07, 6.45) is 8.47. The molecule has 0 aliphatic carbocycles. The maximum absolute atomic E-state index is 5.62. The van der Waals surface area contributed by atoms with Gasteiger partial charge in [-0.15, -0.1) is 0 Å². The first-order chi connectivity index (χ1) is 7.36. The van der Waals surface area contributed by atoms with Gasteiger partial charge in [0.25, 0.3) is 0 Å². The highest BCUT2D eigenvalue weighted by molar-refractivity contribution is 8.76. The fourth-order valence-corrected chi connectivity index (χ4v) is 5.07. The van der Waals surface area contributed by atoms with Crippen LogP contribution in [0.2, 0.25) is 0 Å². The molecule has 15 heavy (non-hydrogen) atoms. The second-order valence-corrected chi connectivity index (χ2v) is 6.93. The number of hydrogen-bond donors (Lipinski definition) is 0. The third-order valence-electron chi connectivity index (χ3n) is 2.70. The summed E-state index contributed by atoms with van der Waals surface area (Å²) >= 11 is 0. The summed E-state index contributed by atoms with van der Waals surface area (Å²) in [5.41, 5.74) is 0. The molecule has 0 aromatic heterocycles. The summed E-state index contributed by atoms with van der Waals surface area (Å²) in [6, 6.07) is 0. The zero-order valence-corrected chi connectivity index (χ0v) is 11.7. The summed E-state index contributed by atoms with van der Waals surface area (Å²) in [5, 5.41) is 0.867. The Balaban J connectivity index is 2.04. The number of rotatable bonds is 8. The third kappa shape index (κ3) is 6.08. The smallest absolute Gasteiger partial charge is 0.0674 e. The van der Waals surface area contributed by atoms with Crippen molar-refractivity contribution in [3.63, 3.8) is 0 Å². The predicted molar refractivity (Wildman–Crippen MR) is 72.6 cm³/mol. The van der Waals surface area contributed by atoms with Crippen molar-refractivity contribution in [3.05, 3.63) is 0 Å². The van der Waals surface area contributed by atoms with Gasteiger partial charge in [0, 0.05) is 17.6 Å². The zero-order chi connectivity index (χ0) is 10.9. The molecular weight excluding hydrogens is 224 g/mol. The molecule has 0 saturated carbocycles. The molecule has 1 nitrogen and oxygen atoms in total. The molecule has 1 aliphatic rings. The van der Waals surface area contributed by atoms with E-state index >= 15 is 0 Å². The Morgan fingerprint density at radius 3 is 2.53 bits per heavy atom. The Bertz CT molecular complexity index is 141. The Kier molecular flexibility index (Phi) is 8.02. The van der Waals surface area contributed by atoms with E-state index in [9.17, 15) is 0 Å². The Morgan fingerprint density at radius 1 is 1.27 bits per heavy atom. The van der Waals surface area contributed by atoms with Crippen molar-refractivity contribution < 1.29 is 4.74 Å². The van der Waals surface area contributed by atoms with Crippen LogP contribution >= 0.6 is 21.6 Å². The average Bonchev–Trinajstić information content (AvgIpc) is 2.71. The first-order valence-corrected chi connectivity index (χ1v) is 8.64. The van der Waals surface area contributed by atoms with E-state index in [-0.39, 0.29) is 0 Å². The van der Waals surface area contributed by atoms with Gasteiger partial charge in [0.2, 0.25) is 0 Å². The average molecular weight is 248 g/mol. The highest BCUT2D eigenvalue weighted by Crippen LogP contribution is 2.34. The minimum Gasteiger partial charge on any atom is -0.377 e. The van der Waals surface area contributed by atoms with E-state index in [1.54, 1.807) is 0 Å². The van der Waals surface area contributed by atoms with E-state index in [1.165, 1.54) is 44.3 Å². The zero-order valence-electron chi connectivity index (χ0n) is 10.0. The van der Waals surface area contributed by atoms with Crippen LogP contribution in [0.25, 0.3) is 0 Å². The van der Waals surface area contributed by atoms with Crippen LogP contribution in [-0.2, 0) is 4.74 Å². The Hall–Kier alpha value is 0.660. The van der Waals surface area contributed by atoms with Crippen LogP contribution in [0, 0.1) is 0 Å². The van der Waals surface area contributed by atoms with E-state index in [0.717, 1.165) is 11.9 Å². The van der Waals surface area contributed by atoms with Gasteiger partial charge in [0.15, 0.2) is 0 Å². The highest BCUT2D eigenvalue weighted by Gasteiger charge is 2.16. The molecule has 1 rings (SSSR count).